The molecule has 0 fully saturated rings. The highest BCUT2D eigenvalue weighted by Crippen LogP contribution is 2.03. The number of aliphatic hydroxyl groups is 1. The van der Waals surface area contributed by atoms with Crippen LogP contribution in [0.25, 0.3) is 0 Å². The second-order valence-electron chi connectivity index (χ2n) is 2.96. The second kappa shape index (κ2) is 4.18. The SMILES string of the molecule is Cc1cncc(CC(O)CN)c1. The maximum absolute atomic E-state index is 9.25. The minimum absolute atomic E-state index is 0.300. The largest absolute Gasteiger partial charge is 0.391 e. The molecule has 1 unspecified atom stereocenters. The molecule has 0 spiro atoms. The summed E-state index contributed by atoms with van der Waals surface area (Å²) in [7, 11) is 0. The Balaban J connectivity index is 2.63. The van der Waals surface area contributed by atoms with Crippen molar-refractivity contribution in [3.05, 3.63) is 29.6 Å². The van der Waals surface area contributed by atoms with E-state index in [0.29, 0.717) is 13.0 Å². The van der Waals surface area contributed by atoms with E-state index in [4.69, 9.17) is 5.73 Å². The molecule has 0 aliphatic carbocycles. The van der Waals surface area contributed by atoms with Gasteiger partial charge in [0.1, 0.15) is 0 Å². The monoisotopic (exact) mass is 166 g/mol. The zero-order chi connectivity index (χ0) is 8.97. The molecule has 12 heavy (non-hydrogen) atoms. The summed E-state index contributed by atoms with van der Waals surface area (Å²) in [4.78, 5) is 4.02. The molecule has 1 atom stereocenters. The van der Waals surface area contributed by atoms with Gasteiger partial charge in [-0.3, -0.25) is 4.98 Å². The van der Waals surface area contributed by atoms with E-state index in [0.717, 1.165) is 11.1 Å². The first kappa shape index (κ1) is 9.16. The average molecular weight is 166 g/mol. The molecule has 1 rings (SSSR count). The van der Waals surface area contributed by atoms with Crippen molar-refractivity contribution in [1.82, 2.24) is 4.98 Å². The van der Waals surface area contributed by atoms with Gasteiger partial charge in [-0.1, -0.05) is 6.07 Å². The molecule has 0 aliphatic rings. The van der Waals surface area contributed by atoms with Crippen molar-refractivity contribution in [3.8, 4) is 0 Å². The van der Waals surface area contributed by atoms with E-state index in [2.05, 4.69) is 4.98 Å². The van der Waals surface area contributed by atoms with Crippen LogP contribution in [0.4, 0.5) is 0 Å². The number of rotatable bonds is 3. The molecule has 1 aromatic heterocycles. The van der Waals surface area contributed by atoms with Crippen LogP contribution >= 0.6 is 0 Å². The zero-order valence-electron chi connectivity index (χ0n) is 7.20. The van der Waals surface area contributed by atoms with Crippen LogP contribution in [-0.2, 0) is 6.42 Å². The topological polar surface area (TPSA) is 59.1 Å². The van der Waals surface area contributed by atoms with Crippen LogP contribution in [0.2, 0.25) is 0 Å². The van der Waals surface area contributed by atoms with Gasteiger partial charge in [0.05, 0.1) is 6.10 Å². The molecule has 0 amide bonds. The third kappa shape index (κ3) is 2.60. The molecular formula is C9H14N2O. The Labute approximate surface area is 72.2 Å². The van der Waals surface area contributed by atoms with E-state index < -0.39 is 6.10 Å². The standard InChI is InChI=1S/C9H14N2O/c1-7-2-8(6-11-5-7)3-9(12)4-10/h2,5-6,9,12H,3-4,10H2,1H3. The van der Waals surface area contributed by atoms with Gasteiger partial charge in [-0.15, -0.1) is 0 Å². The molecule has 3 N–H and O–H groups in total. The van der Waals surface area contributed by atoms with Gasteiger partial charge in [-0.05, 0) is 18.1 Å². The Bertz CT molecular complexity index is 250. The van der Waals surface area contributed by atoms with Crippen molar-refractivity contribution in [3.63, 3.8) is 0 Å². The van der Waals surface area contributed by atoms with Crippen molar-refractivity contribution in [2.45, 2.75) is 19.4 Å². The summed E-state index contributed by atoms with van der Waals surface area (Å²) in [5.74, 6) is 0. The molecule has 1 aromatic rings. The Morgan fingerprint density at radius 3 is 2.92 bits per heavy atom. The van der Waals surface area contributed by atoms with Crippen molar-refractivity contribution in [2.75, 3.05) is 6.54 Å². The van der Waals surface area contributed by atoms with E-state index in [1.165, 1.54) is 0 Å². The van der Waals surface area contributed by atoms with Gasteiger partial charge in [0.2, 0.25) is 0 Å². The molecule has 0 radical (unpaired) electrons. The lowest BCUT2D eigenvalue weighted by molar-refractivity contribution is 0.183. The number of aromatic nitrogens is 1. The molecule has 1 heterocycles. The van der Waals surface area contributed by atoms with E-state index in [9.17, 15) is 5.11 Å². The highest BCUT2D eigenvalue weighted by atomic mass is 16.3. The summed E-state index contributed by atoms with van der Waals surface area (Å²) in [6, 6.07) is 2.01. The van der Waals surface area contributed by atoms with Gasteiger partial charge in [-0.25, -0.2) is 0 Å². The summed E-state index contributed by atoms with van der Waals surface area (Å²) in [6.45, 7) is 2.28. The zero-order valence-corrected chi connectivity index (χ0v) is 7.20. The Hall–Kier alpha value is -0.930. The lowest BCUT2D eigenvalue weighted by Gasteiger charge is -2.06. The van der Waals surface area contributed by atoms with Crippen LogP contribution in [0.5, 0.6) is 0 Å². The van der Waals surface area contributed by atoms with Gasteiger partial charge in [0, 0.05) is 25.4 Å². The maximum atomic E-state index is 9.25. The van der Waals surface area contributed by atoms with E-state index >= 15 is 0 Å². The molecule has 3 heteroatoms. The Morgan fingerprint density at radius 2 is 2.33 bits per heavy atom. The lowest BCUT2D eigenvalue weighted by atomic mass is 10.1. The minimum atomic E-state index is -0.450. The van der Waals surface area contributed by atoms with Gasteiger partial charge < -0.3 is 10.8 Å². The average Bonchev–Trinajstić information content (AvgIpc) is 2.04. The quantitative estimate of drug-likeness (QED) is 0.676. The third-order valence-electron chi connectivity index (χ3n) is 1.67. The molecule has 0 bridgehead atoms. The summed E-state index contributed by atoms with van der Waals surface area (Å²) in [6.07, 6.45) is 3.68. The van der Waals surface area contributed by atoms with Crippen LogP contribution in [0.1, 0.15) is 11.1 Å². The fourth-order valence-electron chi connectivity index (χ4n) is 1.08. The first-order valence-corrected chi connectivity index (χ1v) is 4.01. The number of hydrogen-bond acceptors (Lipinski definition) is 3. The van der Waals surface area contributed by atoms with Crippen molar-refractivity contribution in [2.24, 2.45) is 5.73 Å². The highest BCUT2D eigenvalue weighted by molar-refractivity contribution is 5.17. The van der Waals surface area contributed by atoms with Crippen LogP contribution in [0.15, 0.2) is 18.5 Å². The molecule has 66 valence electrons. The van der Waals surface area contributed by atoms with Gasteiger partial charge in [-0.2, -0.15) is 0 Å². The number of pyridine rings is 1. The van der Waals surface area contributed by atoms with Gasteiger partial charge in [0.25, 0.3) is 0 Å². The van der Waals surface area contributed by atoms with Crippen LogP contribution < -0.4 is 5.73 Å². The van der Waals surface area contributed by atoms with Crippen LogP contribution in [0, 0.1) is 6.92 Å². The first-order chi connectivity index (χ1) is 5.72. The highest BCUT2D eigenvalue weighted by Gasteiger charge is 2.02. The molecule has 0 aromatic carbocycles. The maximum Gasteiger partial charge on any atom is 0.0703 e. The first-order valence-electron chi connectivity index (χ1n) is 4.01. The fraction of sp³-hybridized carbons (Fsp3) is 0.444. The number of hydrogen-bond donors (Lipinski definition) is 2. The lowest BCUT2D eigenvalue weighted by Crippen LogP contribution is -2.22. The number of aliphatic hydroxyl groups excluding tert-OH is 1. The second-order valence-corrected chi connectivity index (χ2v) is 2.96. The predicted molar refractivity (Wildman–Crippen MR) is 47.7 cm³/mol. The number of nitrogens with two attached hydrogens (primary N) is 1. The Kier molecular flexibility index (Phi) is 3.19. The summed E-state index contributed by atoms with van der Waals surface area (Å²) < 4.78 is 0. The minimum Gasteiger partial charge on any atom is -0.391 e. The van der Waals surface area contributed by atoms with Crippen molar-refractivity contribution in [1.29, 1.82) is 0 Å². The predicted octanol–water partition coefficient (Wildman–Crippen LogP) is 0.252. The van der Waals surface area contributed by atoms with Crippen molar-refractivity contribution >= 4 is 0 Å². The molecular weight excluding hydrogens is 152 g/mol. The molecule has 3 nitrogen and oxygen atoms in total. The molecule has 0 saturated heterocycles. The van der Waals surface area contributed by atoms with Gasteiger partial charge in [0.15, 0.2) is 0 Å². The Morgan fingerprint density at radius 1 is 1.58 bits per heavy atom. The fourth-order valence-corrected chi connectivity index (χ4v) is 1.08. The summed E-state index contributed by atoms with van der Waals surface area (Å²) in [5.41, 5.74) is 7.43. The van der Waals surface area contributed by atoms with Crippen LogP contribution in [-0.4, -0.2) is 22.7 Å². The van der Waals surface area contributed by atoms with Crippen LogP contribution in [0.3, 0.4) is 0 Å². The number of nitrogens with zero attached hydrogens (tertiary/aromatic N) is 1. The molecule has 0 aliphatic heterocycles. The molecule has 0 saturated carbocycles. The van der Waals surface area contributed by atoms with E-state index in [1.54, 1.807) is 12.4 Å². The number of aryl methyl sites for hydroxylation is 1. The normalized spacial score (nSPS) is 12.9. The van der Waals surface area contributed by atoms with E-state index in [1.807, 2.05) is 13.0 Å². The smallest absolute Gasteiger partial charge is 0.0703 e. The van der Waals surface area contributed by atoms with E-state index in [-0.39, 0.29) is 0 Å². The third-order valence-corrected chi connectivity index (χ3v) is 1.67. The van der Waals surface area contributed by atoms with Gasteiger partial charge >= 0.3 is 0 Å². The summed E-state index contributed by atoms with van der Waals surface area (Å²) in [5, 5.41) is 9.25. The summed E-state index contributed by atoms with van der Waals surface area (Å²) >= 11 is 0. The van der Waals surface area contributed by atoms with Crippen molar-refractivity contribution < 1.29 is 5.11 Å².